The molecule has 0 aromatic heterocycles. The van der Waals surface area contributed by atoms with E-state index in [2.05, 4.69) is 27.7 Å². The van der Waals surface area contributed by atoms with E-state index in [-0.39, 0.29) is 5.92 Å². The predicted molar refractivity (Wildman–Crippen MR) is 255 cm³/mol. The molecule has 2 atom stereocenters. The second-order valence-electron chi connectivity index (χ2n) is 19.2. The summed E-state index contributed by atoms with van der Waals surface area (Å²) >= 11 is 0. The molecule has 0 saturated heterocycles. The zero-order valence-corrected chi connectivity index (χ0v) is 40.2. The summed E-state index contributed by atoms with van der Waals surface area (Å²) in [7, 11) is 0. The summed E-state index contributed by atoms with van der Waals surface area (Å²) < 4.78 is 5.37. The predicted octanol–water partition coefficient (Wildman–Crippen LogP) is 17.9. The van der Waals surface area contributed by atoms with E-state index in [0.717, 1.165) is 63.7 Å². The minimum Gasteiger partial charge on any atom is -0.464 e. The SMILES string of the molecule is CCCCCCCCCCCCCCCCCC(=O)C(CCCCCC)CCCCCCCCCC(O)C(=O)OCCCCCCCCCCCCCCCC(C)C. The van der Waals surface area contributed by atoms with Gasteiger partial charge in [0.1, 0.15) is 5.78 Å². The molecule has 0 aliphatic carbocycles. The molecule has 1 N–H and O–H groups in total. The quantitative estimate of drug-likeness (QED) is 0.0491. The van der Waals surface area contributed by atoms with Crippen LogP contribution in [-0.2, 0) is 14.3 Å². The van der Waals surface area contributed by atoms with Crippen LogP contribution in [0.5, 0.6) is 0 Å². The van der Waals surface area contributed by atoms with Crippen molar-refractivity contribution >= 4 is 11.8 Å². The number of carbonyl (C=O) groups excluding carboxylic acids is 2. The summed E-state index contributed by atoms with van der Waals surface area (Å²) in [5.41, 5.74) is 0. The normalized spacial score (nSPS) is 12.7. The second-order valence-corrected chi connectivity index (χ2v) is 19.2. The number of Topliss-reactive ketones (excluding diaryl/α,β-unsaturated/α-hetero) is 1. The maximum absolute atomic E-state index is 13.2. The highest BCUT2D eigenvalue weighted by Crippen LogP contribution is 2.23. The Morgan fingerprint density at radius 1 is 0.379 bits per heavy atom. The van der Waals surface area contributed by atoms with E-state index in [9.17, 15) is 14.7 Å². The molecule has 346 valence electrons. The number of hydrogen-bond acceptors (Lipinski definition) is 4. The minimum atomic E-state index is -0.971. The van der Waals surface area contributed by atoms with E-state index < -0.39 is 12.1 Å². The third-order valence-electron chi connectivity index (χ3n) is 12.9. The van der Waals surface area contributed by atoms with Crippen molar-refractivity contribution in [1.29, 1.82) is 0 Å². The summed E-state index contributed by atoms with van der Waals surface area (Å²) in [5, 5.41) is 10.3. The number of esters is 1. The fourth-order valence-electron chi connectivity index (χ4n) is 8.76. The van der Waals surface area contributed by atoms with E-state index in [0.29, 0.717) is 18.8 Å². The van der Waals surface area contributed by atoms with Gasteiger partial charge in [-0.25, -0.2) is 4.79 Å². The smallest absolute Gasteiger partial charge is 0.334 e. The summed E-state index contributed by atoms with van der Waals surface area (Å²) in [6.45, 7) is 9.64. The average molecular weight is 819 g/mol. The maximum Gasteiger partial charge on any atom is 0.334 e. The average Bonchev–Trinajstić information content (AvgIpc) is 3.21. The molecule has 0 amide bonds. The van der Waals surface area contributed by atoms with Crippen LogP contribution in [0.15, 0.2) is 0 Å². The molecule has 0 aromatic rings. The molecule has 0 radical (unpaired) electrons. The van der Waals surface area contributed by atoms with Gasteiger partial charge in [0.05, 0.1) is 6.61 Å². The van der Waals surface area contributed by atoms with Crippen molar-refractivity contribution in [3.8, 4) is 0 Å². The lowest BCUT2D eigenvalue weighted by molar-refractivity contribution is -0.154. The monoisotopic (exact) mass is 819 g/mol. The summed E-state index contributed by atoms with van der Waals surface area (Å²) in [4.78, 5) is 25.4. The number of aliphatic hydroxyl groups excluding tert-OH is 1. The van der Waals surface area contributed by atoms with E-state index in [1.807, 2.05) is 0 Å². The molecule has 0 bridgehead atoms. The van der Waals surface area contributed by atoms with Crippen molar-refractivity contribution in [3.63, 3.8) is 0 Å². The van der Waals surface area contributed by atoms with Crippen LogP contribution in [0.1, 0.15) is 310 Å². The number of carbonyl (C=O) groups is 2. The van der Waals surface area contributed by atoms with Gasteiger partial charge in [-0.05, 0) is 38.0 Å². The molecule has 0 aliphatic rings. The number of unbranched alkanes of at least 4 members (excludes halogenated alkanes) is 35. The van der Waals surface area contributed by atoms with Crippen molar-refractivity contribution in [3.05, 3.63) is 0 Å². The Labute approximate surface area is 364 Å². The topological polar surface area (TPSA) is 63.6 Å². The number of hydrogen-bond donors (Lipinski definition) is 1. The molecule has 0 aliphatic heterocycles. The lowest BCUT2D eigenvalue weighted by Crippen LogP contribution is -2.23. The molecule has 0 spiro atoms. The first-order valence-corrected chi connectivity index (χ1v) is 26.8. The number of ketones is 1. The van der Waals surface area contributed by atoms with Gasteiger partial charge in [-0.15, -0.1) is 0 Å². The highest BCUT2D eigenvalue weighted by atomic mass is 16.5. The standard InChI is InChI=1S/C54H106O4/c1-5-7-9-11-12-13-14-15-16-19-22-25-30-35-41-47-52(55)51(45-39-10-8-6-2)46-40-34-29-27-31-36-42-48-53(56)54(57)58-49-43-37-32-26-23-20-17-18-21-24-28-33-38-44-50(3)4/h50-51,53,56H,5-49H2,1-4H3. The Kier molecular flexibility index (Phi) is 46.4. The van der Waals surface area contributed by atoms with Crippen molar-refractivity contribution in [2.75, 3.05) is 6.61 Å². The molecule has 58 heavy (non-hydrogen) atoms. The number of rotatable bonds is 49. The molecule has 0 heterocycles. The van der Waals surface area contributed by atoms with Crippen molar-refractivity contribution in [2.45, 2.75) is 316 Å². The Balaban J connectivity index is 3.77. The van der Waals surface area contributed by atoms with Crippen LogP contribution < -0.4 is 0 Å². The summed E-state index contributed by atoms with van der Waals surface area (Å²) in [5.74, 6) is 1.26. The Morgan fingerprint density at radius 2 is 0.672 bits per heavy atom. The highest BCUT2D eigenvalue weighted by Gasteiger charge is 2.18. The van der Waals surface area contributed by atoms with Crippen molar-refractivity contribution in [1.82, 2.24) is 0 Å². The van der Waals surface area contributed by atoms with Gasteiger partial charge < -0.3 is 9.84 Å². The third-order valence-corrected chi connectivity index (χ3v) is 12.9. The molecule has 0 aromatic carbocycles. The van der Waals surface area contributed by atoms with Gasteiger partial charge in [0.25, 0.3) is 0 Å². The molecule has 2 unspecified atom stereocenters. The van der Waals surface area contributed by atoms with E-state index in [1.165, 1.54) is 218 Å². The fourth-order valence-corrected chi connectivity index (χ4v) is 8.76. The first-order chi connectivity index (χ1) is 28.4. The van der Waals surface area contributed by atoms with Gasteiger partial charge in [-0.1, -0.05) is 272 Å². The van der Waals surface area contributed by atoms with Crippen LogP contribution >= 0.6 is 0 Å². The minimum absolute atomic E-state index is 0.286. The van der Waals surface area contributed by atoms with Gasteiger partial charge in [0, 0.05) is 12.3 Å². The van der Waals surface area contributed by atoms with Gasteiger partial charge in [-0.2, -0.15) is 0 Å². The van der Waals surface area contributed by atoms with Gasteiger partial charge in [0.2, 0.25) is 0 Å². The van der Waals surface area contributed by atoms with Gasteiger partial charge in [-0.3, -0.25) is 4.79 Å². The third kappa shape index (κ3) is 43.2. The molecule has 0 rings (SSSR count). The summed E-state index contributed by atoms with van der Waals surface area (Å²) in [6, 6.07) is 0. The van der Waals surface area contributed by atoms with E-state index in [1.54, 1.807) is 0 Å². The summed E-state index contributed by atoms with van der Waals surface area (Å²) in [6.07, 6.45) is 54.3. The number of ether oxygens (including phenoxy) is 1. The molecule has 4 nitrogen and oxygen atoms in total. The first-order valence-electron chi connectivity index (χ1n) is 26.8. The molecular weight excluding hydrogens is 713 g/mol. The molecular formula is C54H106O4. The van der Waals surface area contributed by atoms with Crippen LogP contribution in [-0.4, -0.2) is 29.6 Å². The first kappa shape index (κ1) is 57.1. The lowest BCUT2D eigenvalue weighted by atomic mass is 9.88. The van der Waals surface area contributed by atoms with Crippen molar-refractivity contribution in [2.24, 2.45) is 11.8 Å². The fraction of sp³-hybridized carbons (Fsp3) is 0.963. The van der Waals surface area contributed by atoms with E-state index in [4.69, 9.17) is 4.74 Å². The largest absolute Gasteiger partial charge is 0.464 e. The van der Waals surface area contributed by atoms with Crippen molar-refractivity contribution < 1.29 is 19.4 Å². The zero-order chi connectivity index (χ0) is 42.4. The van der Waals surface area contributed by atoms with Crippen LogP contribution in [0.4, 0.5) is 0 Å². The Hall–Kier alpha value is -0.900. The van der Waals surface area contributed by atoms with Gasteiger partial charge >= 0.3 is 5.97 Å². The molecule has 0 fully saturated rings. The Bertz CT molecular complexity index is 824. The second kappa shape index (κ2) is 47.2. The van der Waals surface area contributed by atoms with Crippen LogP contribution in [0.3, 0.4) is 0 Å². The Morgan fingerprint density at radius 3 is 1.05 bits per heavy atom. The number of aliphatic hydroxyl groups is 1. The zero-order valence-electron chi connectivity index (χ0n) is 40.2. The molecule has 4 heteroatoms. The van der Waals surface area contributed by atoms with Gasteiger partial charge in [0.15, 0.2) is 6.10 Å². The molecule has 0 saturated carbocycles. The highest BCUT2D eigenvalue weighted by molar-refractivity contribution is 5.80. The van der Waals surface area contributed by atoms with E-state index >= 15 is 0 Å². The maximum atomic E-state index is 13.2. The van der Waals surface area contributed by atoms with Crippen LogP contribution in [0.25, 0.3) is 0 Å². The van der Waals surface area contributed by atoms with Crippen LogP contribution in [0.2, 0.25) is 0 Å². The lowest BCUT2D eigenvalue weighted by Gasteiger charge is -2.16. The van der Waals surface area contributed by atoms with Crippen LogP contribution in [0, 0.1) is 11.8 Å².